The average molecular weight is 407 g/mol. The van der Waals surface area contributed by atoms with E-state index in [1.165, 1.54) is 12.1 Å². The first-order chi connectivity index (χ1) is 13.5. The van der Waals surface area contributed by atoms with E-state index in [0.717, 1.165) is 5.69 Å². The number of aryl methyl sites for hydroxylation is 1. The van der Waals surface area contributed by atoms with Gasteiger partial charge in [-0.05, 0) is 56.7 Å². The number of rotatable bonds is 2. The molecule has 1 spiro atoms. The number of aromatic nitrogens is 2. The van der Waals surface area contributed by atoms with E-state index >= 15 is 0 Å². The predicted octanol–water partition coefficient (Wildman–Crippen LogP) is 5.40. The molecule has 29 heavy (non-hydrogen) atoms. The number of hydrogen-bond donors (Lipinski definition) is 1. The van der Waals surface area contributed by atoms with Gasteiger partial charge in [-0.2, -0.15) is 5.10 Å². The molecule has 0 saturated heterocycles. The van der Waals surface area contributed by atoms with E-state index in [2.05, 4.69) is 10.4 Å². The van der Waals surface area contributed by atoms with Gasteiger partial charge in [0.2, 0.25) is 5.92 Å². The highest BCUT2D eigenvalue weighted by Crippen LogP contribution is 2.58. The first-order valence-electron chi connectivity index (χ1n) is 9.69. The molecule has 2 aliphatic rings. The second-order valence-electron chi connectivity index (χ2n) is 9.16. The summed E-state index contributed by atoms with van der Waals surface area (Å²) in [5, 5.41) is 7.19. The zero-order valence-corrected chi connectivity index (χ0v) is 16.7. The van der Waals surface area contributed by atoms with Crippen molar-refractivity contribution in [3.63, 3.8) is 0 Å². The Morgan fingerprint density at radius 2 is 1.86 bits per heavy atom. The number of anilines is 1. The van der Waals surface area contributed by atoms with Gasteiger partial charge in [-0.1, -0.05) is 12.1 Å². The SMILES string of the molecule is CC(C)(C)OC(=O)Nc1nn2c(c1-c1ccc(F)cc1)CC1(CC2)CC(F)(F)C1. The number of halogens is 3. The Morgan fingerprint density at radius 3 is 2.45 bits per heavy atom. The number of benzene rings is 1. The van der Waals surface area contributed by atoms with Crippen molar-refractivity contribution in [3.05, 3.63) is 35.8 Å². The summed E-state index contributed by atoms with van der Waals surface area (Å²) in [7, 11) is 0. The molecular formula is C21H24F3N3O2. The van der Waals surface area contributed by atoms with Crippen LogP contribution in [0.25, 0.3) is 11.1 Å². The summed E-state index contributed by atoms with van der Waals surface area (Å²) in [5.74, 6) is -2.70. The third kappa shape index (κ3) is 3.97. The third-order valence-electron chi connectivity index (χ3n) is 5.47. The maximum atomic E-state index is 13.6. The number of alkyl halides is 2. The molecular weight excluding hydrogens is 383 g/mol. The molecule has 0 unspecified atom stereocenters. The van der Waals surface area contributed by atoms with Crippen molar-refractivity contribution >= 4 is 11.9 Å². The zero-order chi connectivity index (χ0) is 21.0. The first kappa shape index (κ1) is 19.8. The van der Waals surface area contributed by atoms with E-state index in [-0.39, 0.29) is 18.7 Å². The minimum Gasteiger partial charge on any atom is -0.444 e. The molecule has 1 aliphatic heterocycles. The molecule has 1 aromatic heterocycles. The number of fused-ring (bicyclic) bond motifs is 1. The van der Waals surface area contributed by atoms with Gasteiger partial charge in [-0.15, -0.1) is 0 Å². The Morgan fingerprint density at radius 1 is 1.21 bits per heavy atom. The Bertz CT molecular complexity index is 937. The fourth-order valence-corrected chi connectivity index (χ4v) is 4.40. The van der Waals surface area contributed by atoms with Crippen LogP contribution < -0.4 is 5.32 Å². The van der Waals surface area contributed by atoms with Crippen molar-refractivity contribution in [3.8, 4) is 11.1 Å². The van der Waals surface area contributed by atoms with Crippen LogP contribution in [0.5, 0.6) is 0 Å². The highest BCUT2D eigenvalue weighted by Gasteiger charge is 2.57. The van der Waals surface area contributed by atoms with E-state index in [9.17, 15) is 18.0 Å². The van der Waals surface area contributed by atoms with Crippen LogP contribution in [-0.2, 0) is 17.7 Å². The number of carbonyl (C=O) groups is 1. The third-order valence-corrected chi connectivity index (χ3v) is 5.47. The molecule has 0 bridgehead atoms. The smallest absolute Gasteiger partial charge is 0.413 e. The molecule has 1 fully saturated rings. The van der Waals surface area contributed by atoms with E-state index in [4.69, 9.17) is 4.74 Å². The minimum absolute atomic E-state index is 0.136. The van der Waals surface area contributed by atoms with Crippen molar-refractivity contribution in [2.45, 2.75) is 64.5 Å². The van der Waals surface area contributed by atoms with Gasteiger partial charge >= 0.3 is 6.09 Å². The molecule has 2 heterocycles. The molecule has 0 atom stereocenters. The Labute approximate surface area is 167 Å². The Hall–Kier alpha value is -2.51. The van der Waals surface area contributed by atoms with E-state index < -0.39 is 23.0 Å². The normalized spacial score (nSPS) is 19.4. The van der Waals surface area contributed by atoms with Crippen molar-refractivity contribution < 1.29 is 22.7 Å². The topological polar surface area (TPSA) is 56.1 Å². The molecule has 1 amide bonds. The van der Waals surface area contributed by atoms with Gasteiger partial charge in [0, 0.05) is 30.6 Å². The quantitative estimate of drug-likeness (QED) is 0.725. The van der Waals surface area contributed by atoms with Gasteiger partial charge in [0.25, 0.3) is 0 Å². The van der Waals surface area contributed by atoms with E-state index in [1.807, 2.05) is 0 Å². The highest BCUT2D eigenvalue weighted by atomic mass is 19.3. The molecule has 1 aliphatic carbocycles. The highest BCUT2D eigenvalue weighted by molar-refractivity contribution is 5.91. The number of hydrogen-bond acceptors (Lipinski definition) is 3. The van der Waals surface area contributed by atoms with Crippen molar-refractivity contribution in [2.24, 2.45) is 5.41 Å². The fourth-order valence-electron chi connectivity index (χ4n) is 4.40. The molecule has 1 N–H and O–H groups in total. The zero-order valence-electron chi connectivity index (χ0n) is 16.7. The second kappa shape index (κ2) is 6.50. The molecule has 156 valence electrons. The molecule has 0 radical (unpaired) electrons. The van der Waals surface area contributed by atoms with Gasteiger partial charge in [0.05, 0.1) is 0 Å². The maximum absolute atomic E-state index is 13.6. The maximum Gasteiger partial charge on any atom is 0.413 e. The van der Waals surface area contributed by atoms with Gasteiger partial charge < -0.3 is 4.74 Å². The Kier molecular flexibility index (Phi) is 4.44. The summed E-state index contributed by atoms with van der Waals surface area (Å²) in [6.45, 7) is 5.76. The second-order valence-corrected chi connectivity index (χ2v) is 9.16. The average Bonchev–Trinajstić information content (AvgIpc) is 2.89. The van der Waals surface area contributed by atoms with Crippen molar-refractivity contribution in [1.29, 1.82) is 0 Å². The summed E-state index contributed by atoms with van der Waals surface area (Å²) >= 11 is 0. The lowest BCUT2D eigenvalue weighted by molar-refractivity contribution is -0.168. The first-order valence-corrected chi connectivity index (χ1v) is 9.69. The van der Waals surface area contributed by atoms with Crippen LogP contribution in [0.2, 0.25) is 0 Å². The molecule has 5 nitrogen and oxygen atoms in total. The van der Waals surface area contributed by atoms with Gasteiger partial charge in [0.15, 0.2) is 5.82 Å². The van der Waals surface area contributed by atoms with Gasteiger partial charge in [0.1, 0.15) is 11.4 Å². The fraction of sp³-hybridized carbons (Fsp3) is 0.524. The number of nitrogens with one attached hydrogen (secondary N) is 1. The molecule has 4 rings (SSSR count). The van der Waals surface area contributed by atoms with Crippen LogP contribution in [0, 0.1) is 11.2 Å². The van der Waals surface area contributed by atoms with Crippen LogP contribution in [-0.4, -0.2) is 27.4 Å². The van der Waals surface area contributed by atoms with E-state index in [0.29, 0.717) is 36.3 Å². The standard InChI is InChI=1S/C21H24F3N3O2/c1-19(2,3)29-18(28)25-17-16(13-4-6-14(22)7-5-13)15-10-20(8-9-27(15)26-17)11-21(23,24)12-20/h4-7H,8-12H2,1-3H3,(H,25,26,28). The van der Waals surface area contributed by atoms with Crippen LogP contribution in [0.4, 0.5) is 23.8 Å². The number of nitrogens with zero attached hydrogens (tertiary/aromatic N) is 2. The molecule has 1 saturated carbocycles. The van der Waals surface area contributed by atoms with Gasteiger partial charge in [-0.25, -0.2) is 18.0 Å². The summed E-state index contributed by atoms with van der Waals surface area (Å²) in [6.07, 6.45) is 0.136. The molecule has 2 aromatic rings. The molecule has 1 aromatic carbocycles. The number of carbonyl (C=O) groups excluding carboxylic acids is 1. The lowest BCUT2D eigenvalue weighted by Gasteiger charge is -2.49. The summed E-state index contributed by atoms with van der Waals surface area (Å²) in [6, 6.07) is 5.85. The van der Waals surface area contributed by atoms with Crippen LogP contribution in [0.1, 0.15) is 45.7 Å². The summed E-state index contributed by atoms with van der Waals surface area (Å²) in [4.78, 5) is 12.3. The lowest BCUT2D eigenvalue weighted by Crippen LogP contribution is -2.50. The minimum atomic E-state index is -2.62. The number of ether oxygens (including phenoxy) is 1. The summed E-state index contributed by atoms with van der Waals surface area (Å²) < 4.78 is 47.7. The largest absolute Gasteiger partial charge is 0.444 e. The lowest BCUT2D eigenvalue weighted by atomic mass is 9.60. The van der Waals surface area contributed by atoms with Crippen LogP contribution >= 0.6 is 0 Å². The Balaban J connectivity index is 1.71. The van der Waals surface area contributed by atoms with Crippen molar-refractivity contribution in [1.82, 2.24) is 9.78 Å². The molecule has 8 heteroatoms. The summed E-state index contributed by atoms with van der Waals surface area (Å²) in [5.41, 5.74) is 0.954. The number of amides is 1. The monoisotopic (exact) mass is 407 g/mol. The van der Waals surface area contributed by atoms with E-state index in [1.54, 1.807) is 37.6 Å². The van der Waals surface area contributed by atoms with Crippen molar-refractivity contribution in [2.75, 3.05) is 5.32 Å². The predicted molar refractivity (Wildman–Crippen MR) is 102 cm³/mol. The van der Waals surface area contributed by atoms with Gasteiger partial charge in [-0.3, -0.25) is 10.00 Å². The van der Waals surface area contributed by atoms with Crippen LogP contribution in [0.3, 0.4) is 0 Å². The van der Waals surface area contributed by atoms with Crippen LogP contribution in [0.15, 0.2) is 24.3 Å².